The molecule has 0 saturated heterocycles. The van der Waals surface area contributed by atoms with Gasteiger partial charge in [-0.05, 0) is 12.2 Å². The number of rotatable bonds is 2. The van der Waals surface area contributed by atoms with E-state index in [1.165, 1.54) is 11.8 Å². The van der Waals surface area contributed by atoms with Gasteiger partial charge in [0.1, 0.15) is 5.82 Å². The summed E-state index contributed by atoms with van der Waals surface area (Å²) in [5.41, 5.74) is 0. The summed E-state index contributed by atoms with van der Waals surface area (Å²) in [4.78, 5) is 7.00. The first-order chi connectivity index (χ1) is 5.33. The molecule has 1 aromatic heterocycles. The van der Waals surface area contributed by atoms with E-state index in [4.69, 9.17) is 17.0 Å². The van der Waals surface area contributed by atoms with E-state index in [1.54, 1.807) is 19.5 Å². The largest absolute Gasteiger partial charge is 0.482 e. The van der Waals surface area contributed by atoms with Crippen LogP contribution in [0.4, 0.5) is 0 Å². The van der Waals surface area contributed by atoms with Crippen LogP contribution >= 0.6 is 24.0 Å². The molecule has 11 heavy (non-hydrogen) atoms. The lowest BCUT2D eigenvalue weighted by Crippen LogP contribution is -1.92. The Morgan fingerprint density at radius 3 is 3.27 bits per heavy atom. The number of ether oxygens (including phenoxy) is 1. The van der Waals surface area contributed by atoms with Gasteiger partial charge in [0.15, 0.2) is 0 Å². The van der Waals surface area contributed by atoms with E-state index in [2.05, 4.69) is 9.97 Å². The smallest absolute Gasteiger partial charge is 0.220 e. The normalized spacial score (nSPS) is 9.55. The number of nitrogens with one attached hydrogen (secondary N) is 1. The molecule has 5 heteroatoms. The van der Waals surface area contributed by atoms with Gasteiger partial charge in [-0.1, -0.05) is 11.8 Å². The van der Waals surface area contributed by atoms with Crippen molar-refractivity contribution < 1.29 is 4.74 Å². The maximum Gasteiger partial charge on any atom is 0.220 e. The lowest BCUT2D eigenvalue weighted by Gasteiger charge is -1.97. The summed E-state index contributed by atoms with van der Waals surface area (Å²) in [5.74, 6) is 1.65. The van der Waals surface area contributed by atoms with E-state index in [9.17, 15) is 0 Å². The highest BCUT2D eigenvalue weighted by molar-refractivity contribution is 8.22. The molecule has 0 fully saturated rings. The minimum absolute atomic E-state index is 0.543. The zero-order valence-corrected chi connectivity index (χ0v) is 7.67. The lowest BCUT2D eigenvalue weighted by molar-refractivity contribution is 0.426. The van der Waals surface area contributed by atoms with Crippen LogP contribution in [0.5, 0.6) is 0 Å². The van der Waals surface area contributed by atoms with Gasteiger partial charge in [0.05, 0.1) is 12.9 Å². The molecule has 1 N–H and O–H groups in total. The fourth-order valence-electron chi connectivity index (χ4n) is 0.563. The number of hydrogen-bond acceptors (Lipinski definition) is 4. The number of methoxy groups -OCH3 is 1. The van der Waals surface area contributed by atoms with Crippen LogP contribution in [0.25, 0.3) is 0 Å². The molecule has 1 aromatic rings. The molecule has 0 radical (unpaired) electrons. The van der Waals surface area contributed by atoms with E-state index in [-0.39, 0.29) is 0 Å². The van der Waals surface area contributed by atoms with Crippen molar-refractivity contribution in [1.29, 1.82) is 0 Å². The highest BCUT2D eigenvalue weighted by Gasteiger charge is 1.98. The monoisotopic (exact) mass is 188 g/mol. The second kappa shape index (κ2) is 4.35. The molecule has 0 bridgehead atoms. The minimum atomic E-state index is 0.543. The number of thioether (sulfide) groups is 1. The Kier molecular flexibility index (Phi) is 3.38. The molecule has 0 aromatic carbocycles. The molecule has 0 saturated carbocycles. The summed E-state index contributed by atoms with van der Waals surface area (Å²) in [6.45, 7) is 0. The molecule has 3 nitrogen and oxygen atoms in total. The molecule has 1 rings (SSSR count). The van der Waals surface area contributed by atoms with Crippen LogP contribution in [0.1, 0.15) is 5.82 Å². The third kappa shape index (κ3) is 2.90. The van der Waals surface area contributed by atoms with Crippen molar-refractivity contribution in [2.24, 2.45) is 0 Å². The Bertz CT molecular complexity index is 222. The van der Waals surface area contributed by atoms with Gasteiger partial charge >= 0.3 is 0 Å². The first-order valence-electron chi connectivity index (χ1n) is 3.02. The molecule has 0 unspecified atom stereocenters. The van der Waals surface area contributed by atoms with E-state index >= 15 is 0 Å². The summed E-state index contributed by atoms with van der Waals surface area (Å²) in [5, 5.41) is 0. The molecule has 0 amide bonds. The van der Waals surface area contributed by atoms with Crippen LogP contribution < -0.4 is 0 Å². The van der Waals surface area contributed by atoms with Gasteiger partial charge in [-0.15, -0.1) is 0 Å². The average Bonchev–Trinajstić information content (AvgIpc) is 2.52. The summed E-state index contributed by atoms with van der Waals surface area (Å²) >= 11 is 6.28. The van der Waals surface area contributed by atoms with E-state index in [0.717, 1.165) is 11.6 Å². The van der Waals surface area contributed by atoms with Crippen molar-refractivity contribution in [3.05, 3.63) is 18.2 Å². The van der Waals surface area contributed by atoms with Gasteiger partial charge < -0.3 is 9.72 Å². The number of thiocarbonyl (C=S) groups is 1. The van der Waals surface area contributed by atoms with Crippen LogP contribution in [-0.2, 0) is 10.5 Å². The zero-order valence-electron chi connectivity index (χ0n) is 6.03. The number of H-pyrrole nitrogens is 1. The number of imidazole rings is 1. The van der Waals surface area contributed by atoms with Gasteiger partial charge in [0, 0.05) is 12.4 Å². The first kappa shape index (κ1) is 8.55. The molecule has 0 aliphatic carbocycles. The topological polar surface area (TPSA) is 37.9 Å². The van der Waals surface area contributed by atoms with Crippen molar-refractivity contribution in [3.63, 3.8) is 0 Å². The Morgan fingerprint density at radius 2 is 2.73 bits per heavy atom. The Hall–Kier alpha value is -0.550. The van der Waals surface area contributed by atoms with Crippen molar-refractivity contribution in [2.75, 3.05) is 7.11 Å². The Morgan fingerprint density at radius 1 is 1.91 bits per heavy atom. The zero-order chi connectivity index (χ0) is 8.10. The highest BCUT2D eigenvalue weighted by atomic mass is 32.2. The summed E-state index contributed by atoms with van der Waals surface area (Å²) < 4.78 is 5.34. The Balaban J connectivity index is 2.29. The molecular weight excluding hydrogens is 180 g/mol. The predicted octanol–water partition coefficient (Wildman–Crippen LogP) is 1.57. The van der Waals surface area contributed by atoms with Gasteiger partial charge in [0.25, 0.3) is 0 Å². The SMILES string of the molecule is COC(=S)SCc1ncc[nH]1. The van der Waals surface area contributed by atoms with E-state index < -0.39 is 0 Å². The van der Waals surface area contributed by atoms with Gasteiger partial charge in [-0.2, -0.15) is 0 Å². The van der Waals surface area contributed by atoms with Gasteiger partial charge in [0.2, 0.25) is 4.38 Å². The number of nitrogens with zero attached hydrogens (tertiary/aromatic N) is 1. The van der Waals surface area contributed by atoms with Crippen molar-refractivity contribution in [2.45, 2.75) is 5.75 Å². The highest BCUT2D eigenvalue weighted by Crippen LogP contribution is 2.10. The average molecular weight is 188 g/mol. The van der Waals surface area contributed by atoms with Crippen molar-refractivity contribution in [3.8, 4) is 0 Å². The summed E-state index contributed by atoms with van der Waals surface area (Å²) in [6, 6.07) is 0. The molecule has 0 spiro atoms. The van der Waals surface area contributed by atoms with Crippen molar-refractivity contribution in [1.82, 2.24) is 9.97 Å². The third-order valence-corrected chi connectivity index (χ3v) is 2.39. The van der Waals surface area contributed by atoms with Gasteiger partial charge in [-0.25, -0.2) is 4.98 Å². The van der Waals surface area contributed by atoms with Crippen LogP contribution in [0.2, 0.25) is 0 Å². The fraction of sp³-hybridized carbons (Fsp3) is 0.333. The molecule has 0 aliphatic rings. The maximum atomic E-state index is 4.83. The van der Waals surface area contributed by atoms with Crippen LogP contribution in [0, 0.1) is 0 Å². The second-order valence-electron chi connectivity index (χ2n) is 1.78. The van der Waals surface area contributed by atoms with Crippen LogP contribution in [0.15, 0.2) is 12.4 Å². The second-order valence-corrected chi connectivity index (χ2v) is 3.36. The summed E-state index contributed by atoms with van der Waals surface area (Å²) in [6.07, 6.45) is 3.50. The molecule has 0 atom stereocenters. The first-order valence-corrected chi connectivity index (χ1v) is 4.41. The van der Waals surface area contributed by atoms with Crippen LogP contribution in [-0.4, -0.2) is 21.5 Å². The quantitative estimate of drug-likeness (QED) is 0.715. The Labute approximate surface area is 74.6 Å². The maximum absolute atomic E-state index is 4.83. The number of aromatic amines is 1. The van der Waals surface area contributed by atoms with Gasteiger partial charge in [-0.3, -0.25) is 0 Å². The third-order valence-electron chi connectivity index (χ3n) is 1.05. The molecule has 1 heterocycles. The minimum Gasteiger partial charge on any atom is -0.482 e. The number of aromatic nitrogens is 2. The lowest BCUT2D eigenvalue weighted by atomic mass is 10.7. The standard InChI is InChI=1S/C6H8N2OS2/c1-9-6(10)11-4-5-7-2-3-8-5/h2-3H,4H2,1H3,(H,7,8). The van der Waals surface area contributed by atoms with E-state index in [0.29, 0.717) is 4.38 Å². The number of hydrogen-bond donors (Lipinski definition) is 1. The molecular formula is C6H8N2OS2. The molecule has 60 valence electrons. The fourth-order valence-corrected chi connectivity index (χ4v) is 1.27. The summed E-state index contributed by atoms with van der Waals surface area (Å²) in [7, 11) is 1.57. The van der Waals surface area contributed by atoms with Crippen molar-refractivity contribution >= 4 is 28.4 Å². The van der Waals surface area contributed by atoms with Crippen LogP contribution in [0.3, 0.4) is 0 Å². The van der Waals surface area contributed by atoms with E-state index in [1.807, 2.05) is 0 Å². The predicted molar refractivity (Wildman–Crippen MR) is 49.5 cm³/mol. The molecule has 0 aliphatic heterocycles.